The van der Waals surface area contributed by atoms with Crippen LogP contribution in [0.1, 0.15) is 17.6 Å². The van der Waals surface area contributed by atoms with Crippen LogP contribution in [0.15, 0.2) is 30.5 Å². The average molecular weight is 274 g/mol. The fraction of sp³-hybridized carbons (Fsp3) is 0.250. The lowest BCUT2D eigenvalue weighted by molar-refractivity contribution is 0.523. The van der Waals surface area contributed by atoms with Crippen LogP contribution in [0.5, 0.6) is 0 Å². The number of aromatic nitrogens is 4. The summed E-state index contributed by atoms with van der Waals surface area (Å²) in [7, 11) is 2.01. The lowest BCUT2D eigenvalue weighted by Gasteiger charge is -2.12. The Hall–Kier alpha value is -1.83. The number of imidazole rings is 1. The van der Waals surface area contributed by atoms with Gasteiger partial charge in [0.25, 0.3) is 0 Å². The molecule has 1 aromatic carbocycles. The lowest BCUT2D eigenvalue weighted by Crippen LogP contribution is -2.30. The van der Waals surface area contributed by atoms with E-state index in [2.05, 4.69) is 29.8 Å². The highest BCUT2D eigenvalue weighted by Crippen LogP contribution is 2.19. The zero-order valence-corrected chi connectivity index (χ0v) is 11.3. The first-order valence-electron chi connectivity index (χ1n) is 5.93. The molecule has 0 aliphatic heterocycles. The number of hydrogen-bond donors (Lipinski definition) is 2. The SMILES string of the molecule is Cn1c(CC(NN)c2cnsn2)nc2ccccc21. The van der Waals surface area contributed by atoms with Crippen molar-refractivity contribution in [2.24, 2.45) is 12.9 Å². The summed E-state index contributed by atoms with van der Waals surface area (Å²) < 4.78 is 10.3. The Morgan fingerprint density at radius 3 is 2.95 bits per heavy atom. The van der Waals surface area contributed by atoms with E-state index >= 15 is 0 Å². The molecular formula is C12H14N6S. The molecule has 0 bridgehead atoms. The predicted octanol–water partition coefficient (Wildman–Crippen LogP) is 1.17. The summed E-state index contributed by atoms with van der Waals surface area (Å²) in [4.78, 5) is 4.63. The summed E-state index contributed by atoms with van der Waals surface area (Å²) >= 11 is 1.18. The summed E-state index contributed by atoms with van der Waals surface area (Å²) in [6.45, 7) is 0. The molecule has 0 fully saturated rings. The number of nitrogens with zero attached hydrogens (tertiary/aromatic N) is 4. The van der Waals surface area contributed by atoms with E-state index in [4.69, 9.17) is 5.84 Å². The molecule has 2 heterocycles. The molecule has 7 heteroatoms. The third-order valence-electron chi connectivity index (χ3n) is 3.20. The van der Waals surface area contributed by atoms with Gasteiger partial charge < -0.3 is 4.57 Å². The highest BCUT2D eigenvalue weighted by molar-refractivity contribution is 6.99. The molecule has 0 aliphatic rings. The number of benzene rings is 1. The molecular weight excluding hydrogens is 260 g/mol. The smallest absolute Gasteiger partial charge is 0.111 e. The Bertz CT molecular complexity index is 675. The van der Waals surface area contributed by atoms with Crippen LogP contribution in [-0.2, 0) is 13.5 Å². The number of hydrogen-bond acceptors (Lipinski definition) is 6. The third-order valence-corrected chi connectivity index (χ3v) is 3.70. The Kier molecular flexibility index (Phi) is 3.24. The van der Waals surface area contributed by atoms with Gasteiger partial charge in [-0.2, -0.15) is 8.75 Å². The van der Waals surface area contributed by atoms with E-state index in [1.807, 2.05) is 25.2 Å². The summed E-state index contributed by atoms with van der Waals surface area (Å²) in [6.07, 6.45) is 2.41. The quantitative estimate of drug-likeness (QED) is 0.551. The van der Waals surface area contributed by atoms with Gasteiger partial charge in [0.15, 0.2) is 0 Å². The largest absolute Gasteiger partial charge is 0.331 e. The van der Waals surface area contributed by atoms with Crippen molar-refractivity contribution in [3.05, 3.63) is 42.0 Å². The Morgan fingerprint density at radius 2 is 2.26 bits per heavy atom. The van der Waals surface area contributed by atoms with Crippen LogP contribution < -0.4 is 11.3 Å². The van der Waals surface area contributed by atoms with Crippen LogP contribution >= 0.6 is 11.7 Å². The summed E-state index contributed by atoms with van der Waals surface area (Å²) in [5, 5.41) is 0. The predicted molar refractivity (Wildman–Crippen MR) is 74.4 cm³/mol. The van der Waals surface area contributed by atoms with Crippen molar-refractivity contribution >= 4 is 22.8 Å². The van der Waals surface area contributed by atoms with Crippen molar-refractivity contribution in [2.75, 3.05) is 0 Å². The van der Waals surface area contributed by atoms with Gasteiger partial charge in [-0.1, -0.05) is 12.1 Å². The van der Waals surface area contributed by atoms with E-state index < -0.39 is 0 Å². The number of nitrogens with two attached hydrogens (primary N) is 1. The maximum Gasteiger partial charge on any atom is 0.111 e. The molecule has 1 atom stereocenters. The molecule has 0 aliphatic carbocycles. The van der Waals surface area contributed by atoms with Crippen LogP contribution in [0.4, 0.5) is 0 Å². The molecule has 0 saturated carbocycles. The third kappa shape index (κ3) is 2.23. The van der Waals surface area contributed by atoms with E-state index in [1.54, 1.807) is 6.20 Å². The fourth-order valence-electron chi connectivity index (χ4n) is 2.13. The molecule has 98 valence electrons. The van der Waals surface area contributed by atoms with E-state index in [0.717, 1.165) is 22.6 Å². The Balaban J connectivity index is 1.94. The minimum absolute atomic E-state index is 0.0748. The number of fused-ring (bicyclic) bond motifs is 1. The Labute approximate surface area is 114 Å². The molecule has 6 nitrogen and oxygen atoms in total. The number of para-hydroxylation sites is 2. The molecule has 0 spiro atoms. The maximum absolute atomic E-state index is 5.61. The minimum Gasteiger partial charge on any atom is -0.331 e. The standard InChI is InChI=1S/C12H14N6S/c1-18-11-5-3-2-4-8(11)15-12(18)6-9(16-13)10-7-14-19-17-10/h2-5,7,9,16H,6,13H2,1H3. The van der Waals surface area contributed by atoms with Crippen molar-refractivity contribution in [1.82, 2.24) is 23.7 Å². The van der Waals surface area contributed by atoms with E-state index in [0.29, 0.717) is 6.42 Å². The second-order valence-corrected chi connectivity index (χ2v) is 4.89. The first-order valence-corrected chi connectivity index (χ1v) is 6.66. The van der Waals surface area contributed by atoms with Crippen molar-refractivity contribution in [3.8, 4) is 0 Å². The minimum atomic E-state index is -0.0748. The van der Waals surface area contributed by atoms with Gasteiger partial charge in [0, 0.05) is 13.5 Å². The van der Waals surface area contributed by atoms with E-state index in [1.165, 1.54) is 11.7 Å². The second-order valence-electron chi connectivity index (χ2n) is 4.33. The highest BCUT2D eigenvalue weighted by Gasteiger charge is 2.17. The molecule has 19 heavy (non-hydrogen) atoms. The lowest BCUT2D eigenvalue weighted by atomic mass is 10.1. The first kappa shape index (κ1) is 12.2. The molecule has 1 unspecified atom stereocenters. The molecule has 2 aromatic heterocycles. The van der Waals surface area contributed by atoms with Gasteiger partial charge in [0.05, 0.1) is 40.7 Å². The van der Waals surface area contributed by atoms with Crippen molar-refractivity contribution in [1.29, 1.82) is 0 Å². The maximum atomic E-state index is 5.61. The van der Waals surface area contributed by atoms with Crippen LogP contribution in [0.2, 0.25) is 0 Å². The number of aryl methyl sites for hydroxylation is 1. The first-order chi connectivity index (χ1) is 9.29. The monoisotopic (exact) mass is 274 g/mol. The summed E-state index contributed by atoms with van der Waals surface area (Å²) in [5.74, 6) is 6.58. The van der Waals surface area contributed by atoms with Gasteiger partial charge in [-0.25, -0.2) is 4.98 Å². The fourth-order valence-corrected chi connectivity index (χ4v) is 2.61. The van der Waals surface area contributed by atoms with Crippen molar-refractivity contribution < 1.29 is 0 Å². The highest BCUT2D eigenvalue weighted by atomic mass is 32.1. The zero-order chi connectivity index (χ0) is 13.2. The van der Waals surface area contributed by atoms with Gasteiger partial charge in [0.2, 0.25) is 0 Å². The normalized spacial score (nSPS) is 12.9. The van der Waals surface area contributed by atoms with E-state index in [9.17, 15) is 0 Å². The Morgan fingerprint density at radius 1 is 1.42 bits per heavy atom. The zero-order valence-electron chi connectivity index (χ0n) is 10.4. The topological polar surface area (TPSA) is 81.7 Å². The number of nitrogens with one attached hydrogen (secondary N) is 1. The van der Waals surface area contributed by atoms with Gasteiger partial charge in [0.1, 0.15) is 5.82 Å². The summed E-state index contributed by atoms with van der Waals surface area (Å²) in [6, 6.07) is 7.99. The van der Waals surface area contributed by atoms with E-state index in [-0.39, 0.29) is 6.04 Å². The van der Waals surface area contributed by atoms with Crippen LogP contribution in [-0.4, -0.2) is 18.3 Å². The molecule has 3 rings (SSSR count). The van der Waals surface area contributed by atoms with Gasteiger partial charge >= 0.3 is 0 Å². The van der Waals surface area contributed by atoms with Gasteiger partial charge in [-0.05, 0) is 12.1 Å². The van der Waals surface area contributed by atoms with Crippen LogP contribution in [0.3, 0.4) is 0 Å². The number of rotatable bonds is 4. The van der Waals surface area contributed by atoms with Crippen LogP contribution in [0, 0.1) is 0 Å². The number of hydrazine groups is 1. The van der Waals surface area contributed by atoms with Crippen molar-refractivity contribution in [3.63, 3.8) is 0 Å². The second kappa shape index (κ2) is 5.04. The summed E-state index contributed by atoms with van der Waals surface area (Å²) in [5.41, 5.74) is 5.73. The van der Waals surface area contributed by atoms with Crippen molar-refractivity contribution in [2.45, 2.75) is 12.5 Å². The van der Waals surface area contributed by atoms with Crippen LogP contribution in [0.25, 0.3) is 11.0 Å². The van der Waals surface area contributed by atoms with Gasteiger partial charge in [-0.3, -0.25) is 11.3 Å². The molecule has 3 N–H and O–H groups in total. The molecule has 0 radical (unpaired) electrons. The van der Waals surface area contributed by atoms with Gasteiger partial charge in [-0.15, -0.1) is 0 Å². The molecule has 0 saturated heterocycles. The molecule has 0 amide bonds. The average Bonchev–Trinajstić information content (AvgIpc) is 3.06. The molecule has 3 aromatic rings.